The van der Waals surface area contributed by atoms with Crippen LogP contribution in [0.4, 0.5) is 0 Å². The van der Waals surface area contributed by atoms with Crippen LogP contribution in [0.15, 0.2) is 24.3 Å². The Labute approximate surface area is 154 Å². The molecular weight excluding hydrogens is 352 g/mol. The summed E-state index contributed by atoms with van der Waals surface area (Å²) in [6.07, 6.45) is 2.70. The lowest BCUT2D eigenvalue weighted by Gasteiger charge is -2.14. The molecule has 2 N–H and O–H groups in total. The van der Waals surface area contributed by atoms with Gasteiger partial charge in [-0.2, -0.15) is 0 Å². The van der Waals surface area contributed by atoms with Crippen LogP contribution in [0, 0.1) is 0 Å². The number of amides is 1. The van der Waals surface area contributed by atoms with Gasteiger partial charge in [0.05, 0.1) is 0 Å². The fourth-order valence-corrected chi connectivity index (χ4v) is 3.89. The highest BCUT2D eigenvalue weighted by Crippen LogP contribution is 2.28. The molecule has 2 aromatic heterocycles. The zero-order valence-electron chi connectivity index (χ0n) is 14.0. The molecule has 0 aliphatic carbocycles. The van der Waals surface area contributed by atoms with Crippen molar-refractivity contribution in [1.82, 2.24) is 30.0 Å². The second kappa shape index (κ2) is 5.95. The minimum absolute atomic E-state index is 0.153. The van der Waals surface area contributed by atoms with Gasteiger partial charge in [-0.05, 0) is 30.5 Å². The molecule has 2 aliphatic heterocycles. The number of halogens is 1. The van der Waals surface area contributed by atoms with Gasteiger partial charge in [-0.3, -0.25) is 4.79 Å². The maximum absolute atomic E-state index is 12.5. The van der Waals surface area contributed by atoms with Gasteiger partial charge in [0.25, 0.3) is 5.91 Å². The maximum Gasteiger partial charge on any atom is 0.271 e. The van der Waals surface area contributed by atoms with E-state index in [0.717, 1.165) is 36.5 Å². The van der Waals surface area contributed by atoms with Crippen LogP contribution in [0.3, 0.4) is 0 Å². The van der Waals surface area contributed by atoms with Crippen LogP contribution >= 0.6 is 11.6 Å². The average Bonchev–Trinajstić information content (AvgIpc) is 3.32. The Balaban J connectivity index is 1.51. The average molecular weight is 369 g/mol. The fraction of sp³-hybridized carbons (Fsp3) is 0.333. The quantitative estimate of drug-likeness (QED) is 0.726. The summed E-state index contributed by atoms with van der Waals surface area (Å²) in [4.78, 5) is 20.4. The summed E-state index contributed by atoms with van der Waals surface area (Å²) in [5, 5.41) is 12.2. The number of aromatic nitrogens is 5. The SMILES string of the molecule is O=C1NCC(c2ccc(Cl)cc2)Cc2[nH]c(-c3nnc4n3CCC4)nc21. The standard InChI is InChI=1S/C18H17ClN6O/c19-12-5-3-10(4-6-12)11-8-13-15(18(26)20-9-11)22-16(21-13)17-24-23-14-2-1-7-25(14)17/h3-6,11H,1-2,7-9H2,(H,20,26)(H,21,22). The first kappa shape index (κ1) is 15.6. The van der Waals surface area contributed by atoms with Crippen molar-refractivity contribution in [2.75, 3.05) is 6.54 Å². The first-order valence-corrected chi connectivity index (χ1v) is 9.12. The summed E-state index contributed by atoms with van der Waals surface area (Å²) in [6, 6.07) is 7.77. The molecule has 0 bridgehead atoms. The molecule has 132 valence electrons. The number of hydrogen-bond acceptors (Lipinski definition) is 4. The predicted molar refractivity (Wildman–Crippen MR) is 96.2 cm³/mol. The molecule has 1 amide bonds. The summed E-state index contributed by atoms with van der Waals surface area (Å²) < 4.78 is 2.08. The number of carbonyl (C=O) groups excluding carboxylic acids is 1. The molecule has 4 heterocycles. The summed E-state index contributed by atoms with van der Waals surface area (Å²) >= 11 is 5.99. The molecule has 0 saturated carbocycles. The molecule has 0 spiro atoms. The Hall–Kier alpha value is -2.67. The van der Waals surface area contributed by atoms with Gasteiger partial charge in [-0.1, -0.05) is 23.7 Å². The number of benzene rings is 1. The minimum Gasteiger partial charge on any atom is -0.350 e. The lowest BCUT2D eigenvalue weighted by Crippen LogP contribution is -2.26. The maximum atomic E-state index is 12.5. The molecule has 1 unspecified atom stereocenters. The van der Waals surface area contributed by atoms with Crippen molar-refractivity contribution < 1.29 is 4.79 Å². The molecule has 1 atom stereocenters. The monoisotopic (exact) mass is 368 g/mol. The van der Waals surface area contributed by atoms with Crippen molar-refractivity contribution in [2.45, 2.75) is 31.7 Å². The number of fused-ring (bicyclic) bond motifs is 2. The van der Waals surface area contributed by atoms with Gasteiger partial charge >= 0.3 is 0 Å². The number of rotatable bonds is 2. The van der Waals surface area contributed by atoms with E-state index in [0.29, 0.717) is 35.3 Å². The van der Waals surface area contributed by atoms with Gasteiger partial charge in [0.2, 0.25) is 0 Å². The van der Waals surface area contributed by atoms with Crippen LogP contribution < -0.4 is 5.32 Å². The van der Waals surface area contributed by atoms with Gasteiger partial charge in [-0.25, -0.2) is 4.98 Å². The van der Waals surface area contributed by atoms with Gasteiger partial charge in [0, 0.05) is 36.1 Å². The highest BCUT2D eigenvalue weighted by atomic mass is 35.5. The van der Waals surface area contributed by atoms with Gasteiger partial charge in [-0.15, -0.1) is 10.2 Å². The summed E-state index contributed by atoms with van der Waals surface area (Å²) in [6.45, 7) is 1.46. The van der Waals surface area contributed by atoms with E-state index in [1.165, 1.54) is 0 Å². The lowest BCUT2D eigenvalue weighted by atomic mass is 9.94. The van der Waals surface area contributed by atoms with Gasteiger partial charge < -0.3 is 14.9 Å². The van der Waals surface area contributed by atoms with Crippen LogP contribution in [-0.2, 0) is 19.4 Å². The second-order valence-electron chi connectivity index (χ2n) is 6.77. The first-order valence-electron chi connectivity index (χ1n) is 8.74. The van der Waals surface area contributed by atoms with Crippen molar-refractivity contribution in [2.24, 2.45) is 0 Å². The van der Waals surface area contributed by atoms with E-state index in [2.05, 4.69) is 30.0 Å². The van der Waals surface area contributed by atoms with Crippen molar-refractivity contribution >= 4 is 17.5 Å². The highest BCUT2D eigenvalue weighted by molar-refractivity contribution is 6.30. The van der Waals surface area contributed by atoms with Crippen molar-refractivity contribution in [1.29, 1.82) is 0 Å². The van der Waals surface area contributed by atoms with Crippen LogP contribution in [0.25, 0.3) is 11.6 Å². The van der Waals surface area contributed by atoms with E-state index < -0.39 is 0 Å². The number of aromatic amines is 1. The smallest absolute Gasteiger partial charge is 0.271 e. The third-order valence-electron chi connectivity index (χ3n) is 5.12. The normalized spacial score (nSPS) is 19.0. The number of carbonyl (C=O) groups is 1. The molecular formula is C18H17ClN6O. The Kier molecular flexibility index (Phi) is 3.56. The van der Waals surface area contributed by atoms with Crippen LogP contribution in [0.2, 0.25) is 5.02 Å². The molecule has 26 heavy (non-hydrogen) atoms. The van der Waals surface area contributed by atoms with E-state index in [1.807, 2.05) is 24.3 Å². The number of imidazole rings is 1. The number of nitrogens with zero attached hydrogens (tertiary/aromatic N) is 4. The highest BCUT2D eigenvalue weighted by Gasteiger charge is 2.28. The number of aryl methyl sites for hydroxylation is 1. The Bertz CT molecular complexity index is 990. The molecule has 0 saturated heterocycles. The molecule has 2 aliphatic rings. The van der Waals surface area contributed by atoms with E-state index in [1.54, 1.807) is 0 Å². The van der Waals surface area contributed by atoms with Crippen molar-refractivity contribution in [3.63, 3.8) is 0 Å². The third-order valence-corrected chi connectivity index (χ3v) is 5.37. The third kappa shape index (κ3) is 2.50. The van der Waals surface area contributed by atoms with E-state index in [9.17, 15) is 4.79 Å². The first-order chi connectivity index (χ1) is 12.7. The number of H-pyrrole nitrogens is 1. The molecule has 3 aromatic rings. The van der Waals surface area contributed by atoms with Crippen LogP contribution in [0.5, 0.6) is 0 Å². The summed E-state index contributed by atoms with van der Waals surface area (Å²) in [7, 11) is 0. The van der Waals surface area contributed by atoms with E-state index >= 15 is 0 Å². The second-order valence-corrected chi connectivity index (χ2v) is 7.21. The number of hydrogen-bond donors (Lipinski definition) is 2. The summed E-state index contributed by atoms with van der Waals surface area (Å²) in [5.41, 5.74) is 2.43. The van der Waals surface area contributed by atoms with Crippen LogP contribution in [-0.4, -0.2) is 37.2 Å². The largest absolute Gasteiger partial charge is 0.350 e. The minimum atomic E-state index is -0.153. The zero-order valence-corrected chi connectivity index (χ0v) is 14.8. The fourth-order valence-electron chi connectivity index (χ4n) is 3.77. The Morgan fingerprint density at radius 1 is 1.19 bits per heavy atom. The molecule has 5 rings (SSSR count). The Morgan fingerprint density at radius 2 is 2.04 bits per heavy atom. The number of nitrogens with one attached hydrogen (secondary N) is 2. The molecule has 0 radical (unpaired) electrons. The van der Waals surface area contributed by atoms with Crippen molar-refractivity contribution in [3.8, 4) is 11.6 Å². The summed E-state index contributed by atoms with van der Waals surface area (Å²) in [5.74, 6) is 2.31. The van der Waals surface area contributed by atoms with Crippen LogP contribution in [0.1, 0.15) is 39.9 Å². The molecule has 1 aromatic carbocycles. The molecule has 8 heteroatoms. The predicted octanol–water partition coefficient (Wildman–Crippen LogP) is 2.34. The lowest BCUT2D eigenvalue weighted by molar-refractivity contribution is 0.0950. The molecule has 7 nitrogen and oxygen atoms in total. The van der Waals surface area contributed by atoms with Crippen molar-refractivity contribution in [3.05, 3.63) is 52.1 Å². The molecule has 0 fully saturated rings. The van der Waals surface area contributed by atoms with Gasteiger partial charge in [0.15, 0.2) is 11.6 Å². The van der Waals surface area contributed by atoms with Gasteiger partial charge in [0.1, 0.15) is 11.5 Å². The Morgan fingerprint density at radius 3 is 2.88 bits per heavy atom. The van der Waals surface area contributed by atoms with E-state index in [-0.39, 0.29) is 11.8 Å². The van der Waals surface area contributed by atoms with E-state index in [4.69, 9.17) is 11.6 Å². The topological polar surface area (TPSA) is 88.5 Å². The zero-order chi connectivity index (χ0) is 17.7.